The summed E-state index contributed by atoms with van der Waals surface area (Å²) in [6, 6.07) is -0.0780. The van der Waals surface area contributed by atoms with Gasteiger partial charge in [0.15, 0.2) is 0 Å². The van der Waals surface area contributed by atoms with Crippen LogP contribution in [0.15, 0.2) is 10.7 Å². The number of aromatic nitrogens is 3. The van der Waals surface area contributed by atoms with Crippen LogP contribution >= 0.6 is 0 Å². The van der Waals surface area contributed by atoms with Crippen LogP contribution in [0.4, 0.5) is 0 Å². The first-order chi connectivity index (χ1) is 12.5. The monoisotopic (exact) mass is 370 g/mol. The van der Waals surface area contributed by atoms with Gasteiger partial charge in [0, 0.05) is 28.4 Å². The number of hydrogen-bond donors (Lipinski definition) is 1. The molecule has 2 aromatic rings. The molecule has 2 heterocycles. The molecular formula is C21H30N4O2. The highest BCUT2D eigenvalue weighted by atomic mass is 16.5. The number of aryl methyl sites for hydroxylation is 2. The molecule has 0 aromatic carbocycles. The molecule has 0 saturated heterocycles. The fourth-order valence-corrected chi connectivity index (χ4v) is 3.70. The van der Waals surface area contributed by atoms with Crippen LogP contribution in [0.5, 0.6) is 0 Å². The minimum absolute atomic E-state index is 0.0297. The summed E-state index contributed by atoms with van der Waals surface area (Å²) < 4.78 is 5.17. The Kier molecular flexibility index (Phi) is 4.87. The second-order valence-electron chi connectivity index (χ2n) is 9.49. The van der Waals surface area contributed by atoms with Gasteiger partial charge < -0.3 is 9.84 Å². The van der Waals surface area contributed by atoms with Crippen molar-refractivity contribution in [3.05, 3.63) is 40.3 Å². The molecule has 0 fully saturated rings. The molecule has 0 spiro atoms. The van der Waals surface area contributed by atoms with Crippen molar-refractivity contribution < 1.29 is 9.32 Å². The van der Waals surface area contributed by atoms with E-state index in [1.54, 1.807) is 0 Å². The Bertz CT molecular complexity index is 842. The Morgan fingerprint density at radius 1 is 1.33 bits per heavy atom. The number of nitrogens with one attached hydrogen (secondary N) is 1. The first kappa shape index (κ1) is 19.5. The standard InChI is InChI=1S/C21H30N4O2/c1-12-14(13(2)27-25-12)8-18(26)23-16-9-21(6,7)10-17-15(16)11-22-19(24-17)20(3,4)5/h11,16H,8-10H2,1-7H3,(H,23,26). The number of carbonyl (C=O) groups is 1. The first-order valence-corrected chi connectivity index (χ1v) is 9.54. The van der Waals surface area contributed by atoms with Crippen LogP contribution in [0.25, 0.3) is 0 Å². The molecule has 27 heavy (non-hydrogen) atoms. The van der Waals surface area contributed by atoms with Gasteiger partial charge in [-0.1, -0.05) is 39.8 Å². The number of fused-ring (bicyclic) bond motifs is 1. The largest absolute Gasteiger partial charge is 0.361 e. The maximum Gasteiger partial charge on any atom is 0.225 e. The first-order valence-electron chi connectivity index (χ1n) is 9.54. The van der Waals surface area contributed by atoms with E-state index in [2.05, 4.69) is 50.1 Å². The van der Waals surface area contributed by atoms with Gasteiger partial charge >= 0.3 is 0 Å². The van der Waals surface area contributed by atoms with E-state index >= 15 is 0 Å². The van der Waals surface area contributed by atoms with E-state index in [0.29, 0.717) is 5.76 Å². The molecule has 0 bridgehead atoms. The Labute approximate surface area is 161 Å². The van der Waals surface area contributed by atoms with Crippen LogP contribution in [0.2, 0.25) is 0 Å². The van der Waals surface area contributed by atoms with Gasteiger partial charge in [0.1, 0.15) is 11.6 Å². The molecule has 1 atom stereocenters. The summed E-state index contributed by atoms with van der Waals surface area (Å²) in [7, 11) is 0. The minimum Gasteiger partial charge on any atom is -0.361 e. The lowest BCUT2D eigenvalue weighted by atomic mass is 9.74. The van der Waals surface area contributed by atoms with Crippen molar-refractivity contribution >= 4 is 5.91 Å². The molecular weight excluding hydrogens is 340 g/mol. The second kappa shape index (κ2) is 6.73. The van der Waals surface area contributed by atoms with Gasteiger partial charge in [-0.2, -0.15) is 0 Å². The van der Waals surface area contributed by atoms with Gasteiger partial charge in [-0.15, -0.1) is 0 Å². The number of rotatable bonds is 3. The van der Waals surface area contributed by atoms with E-state index < -0.39 is 0 Å². The molecule has 1 N–H and O–H groups in total. The predicted molar refractivity (Wildman–Crippen MR) is 103 cm³/mol. The minimum atomic E-state index is -0.0985. The number of nitrogens with zero attached hydrogens (tertiary/aromatic N) is 3. The molecule has 6 nitrogen and oxygen atoms in total. The Morgan fingerprint density at radius 2 is 2.04 bits per heavy atom. The molecule has 3 rings (SSSR count). The molecule has 1 aliphatic carbocycles. The Balaban J connectivity index is 1.85. The topological polar surface area (TPSA) is 80.9 Å². The van der Waals surface area contributed by atoms with Crippen LogP contribution in [0.1, 0.15) is 81.2 Å². The van der Waals surface area contributed by atoms with Crippen LogP contribution in [-0.4, -0.2) is 21.0 Å². The zero-order chi connectivity index (χ0) is 20.0. The lowest BCUT2D eigenvalue weighted by Gasteiger charge is -2.37. The van der Waals surface area contributed by atoms with E-state index in [1.807, 2.05) is 20.0 Å². The van der Waals surface area contributed by atoms with Gasteiger partial charge in [0.05, 0.1) is 18.2 Å². The maximum atomic E-state index is 12.7. The zero-order valence-electron chi connectivity index (χ0n) is 17.4. The molecule has 6 heteroatoms. The molecule has 1 unspecified atom stereocenters. The molecule has 2 aromatic heterocycles. The molecule has 1 aliphatic rings. The Morgan fingerprint density at radius 3 is 2.63 bits per heavy atom. The molecule has 0 aliphatic heterocycles. The van der Waals surface area contributed by atoms with E-state index in [9.17, 15) is 4.79 Å². The molecule has 146 valence electrons. The quantitative estimate of drug-likeness (QED) is 0.890. The fourth-order valence-electron chi connectivity index (χ4n) is 3.70. The lowest BCUT2D eigenvalue weighted by Crippen LogP contribution is -2.38. The summed E-state index contributed by atoms with van der Waals surface area (Å²) in [5.74, 6) is 1.52. The summed E-state index contributed by atoms with van der Waals surface area (Å²) in [6.45, 7) is 14.5. The van der Waals surface area contributed by atoms with Crippen LogP contribution in [-0.2, 0) is 23.1 Å². The summed E-state index contributed by atoms with van der Waals surface area (Å²) in [4.78, 5) is 22.1. The summed E-state index contributed by atoms with van der Waals surface area (Å²) in [6.07, 6.45) is 3.93. The second-order valence-corrected chi connectivity index (χ2v) is 9.49. The van der Waals surface area contributed by atoms with E-state index in [1.165, 1.54) is 0 Å². The number of hydrogen-bond acceptors (Lipinski definition) is 5. The van der Waals surface area contributed by atoms with E-state index in [-0.39, 0.29) is 29.2 Å². The van der Waals surface area contributed by atoms with Crippen molar-refractivity contribution in [3.8, 4) is 0 Å². The van der Waals surface area contributed by atoms with Crippen molar-refractivity contribution in [2.75, 3.05) is 0 Å². The van der Waals surface area contributed by atoms with Crippen molar-refractivity contribution in [3.63, 3.8) is 0 Å². The van der Waals surface area contributed by atoms with Gasteiger partial charge in [0.25, 0.3) is 0 Å². The average molecular weight is 370 g/mol. The van der Waals surface area contributed by atoms with Crippen LogP contribution < -0.4 is 5.32 Å². The van der Waals surface area contributed by atoms with Gasteiger partial charge in [-0.25, -0.2) is 9.97 Å². The normalized spacial score (nSPS) is 18.9. The van der Waals surface area contributed by atoms with Crippen LogP contribution in [0, 0.1) is 19.3 Å². The lowest BCUT2D eigenvalue weighted by molar-refractivity contribution is -0.121. The van der Waals surface area contributed by atoms with E-state index in [0.717, 1.165) is 41.2 Å². The zero-order valence-corrected chi connectivity index (χ0v) is 17.4. The highest BCUT2D eigenvalue weighted by Gasteiger charge is 2.35. The highest BCUT2D eigenvalue weighted by Crippen LogP contribution is 2.40. The van der Waals surface area contributed by atoms with Crippen molar-refractivity contribution in [2.24, 2.45) is 5.41 Å². The smallest absolute Gasteiger partial charge is 0.225 e. The SMILES string of the molecule is Cc1noc(C)c1CC(=O)NC1CC(C)(C)Cc2nc(C(C)(C)C)ncc21. The number of carbonyl (C=O) groups excluding carboxylic acids is 1. The van der Waals surface area contributed by atoms with Crippen molar-refractivity contribution in [2.45, 2.75) is 79.2 Å². The van der Waals surface area contributed by atoms with Crippen molar-refractivity contribution in [1.82, 2.24) is 20.4 Å². The maximum absolute atomic E-state index is 12.7. The third-order valence-corrected chi connectivity index (χ3v) is 5.20. The average Bonchev–Trinajstić information content (AvgIpc) is 2.84. The van der Waals surface area contributed by atoms with Crippen molar-refractivity contribution in [1.29, 1.82) is 0 Å². The third-order valence-electron chi connectivity index (χ3n) is 5.20. The van der Waals surface area contributed by atoms with Gasteiger partial charge in [-0.3, -0.25) is 4.79 Å². The summed E-state index contributed by atoms with van der Waals surface area (Å²) in [5, 5.41) is 7.13. The highest BCUT2D eigenvalue weighted by molar-refractivity contribution is 5.79. The number of amides is 1. The fraction of sp³-hybridized carbons (Fsp3) is 0.619. The third kappa shape index (κ3) is 4.20. The molecule has 1 amide bonds. The predicted octanol–water partition coefficient (Wildman–Crippen LogP) is 3.75. The van der Waals surface area contributed by atoms with Crippen LogP contribution in [0.3, 0.4) is 0 Å². The van der Waals surface area contributed by atoms with Gasteiger partial charge in [0.2, 0.25) is 5.91 Å². The Hall–Kier alpha value is -2.24. The van der Waals surface area contributed by atoms with Gasteiger partial charge in [-0.05, 0) is 32.1 Å². The summed E-state index contributed by atoms with van der Waals surface area (Å²) in [5.41, 5.74) is 3.69. The van der Waals surface area contributed by atoms with E-state index in [4.69, 9.17) is 9.51 Å². The summed E-state index contributed by atoms with van der Waals surface area (Å²) >= 11 is 0. The molecule has 0 saturated carbocycles. The molecule has 0 radical (unpaired) electrons.